The summed E-state index contributed by atoms with van der Waals surface area (Å²) in [5.74, 6) is -1.21. The van der Waals surface area contributed by atoms with Crippen molar-refractivity contribution < 1.29 is 14.7 Å². The van der Waals surface area contributed by atoms with E-state index >= 15 is 0 Å². The van der Waals surface area contributed by atoms with Gasteiger partial charge in [0.15, 0.2) is 0 Å². The van der Waals surface area contributed by atoms with Crippen molar-refractivity contribution in [2.24, 2.45) is 17.6 Å². The SMILES string of the molecule is CCCCC(CCC)C(CCN[C@@H](CC)C(N)=O)C(=O)O. The quantitative estimate of drug-likeness (QED) is 0.487. The van der Waals surface area contributed by atoms with E-state index in [0.717, 1.165) is 32.1 Å². The third-order valence-corrected chi connectivity index (χ3v) is 4.07. The Morgan fingerprint density at radius 1 is 1.10 bits per heavy atom. The van der Waals surface area contributed by atoms with Crippen LogP contribution in [0.1, 0.15) is 65.7 Å². The van der Waals surface area contributed by atoms with Crippen molar-refractivity contribution in [3.8, 4) is 0 Å². The molecule has 2 unspecified atom stereocenters. The molecule has 0 radical (unpaired) electrons. The highest BCUT2D eigenvalue weighted by Crippen LogP contribution is 2.26. The zero-order valence-electron chi connectivity index (χ0n) is 13.7. The molecule has 0 aromatic carbocycles. The van der Waals surface area contributed by atoms with Crippen LogP contribution in [0.2, 0.25) is 0 Å². The summed E-state index contributed by atoms with van der Waals surface area (Å²) in [5.41, 5.74) is 5.28. The normalized spacial score (nSPS) is 15.4. The molecule has 0 aliphatic carbocycles. The average molecular weight is 300 g/mol. The van der Waals surface area contributed by atoms with Gasteiger partial charge in [-0.2, -0.15) is 0 Å². The van der Waals surface area contributed by atoms with Gasteiger partial charge in [-0.15, -0.1) is 0 Å². The standard InChI is InChI=1S/C16H32N2O3/c1-4-7-9-12(8-5-2)13(16(20)21)10-11-18-14(6-3)15(17)19/h12-14,18H,4-11H2,1-3H3,(H2,17,19)(H,20,21)/t12?,13?,14-/m0/s1. The molecule has 0 aliphatic heterocycles. The van der Waals surface area contributed by atoms with Crippen LogP contribution in [0, 0.1) is 11.8 Å². The van der Waals surface area contributed by atoms with Gasteiger partial charge < -0.3 is 16.2 Å². The maximum absolute atomic E-state index is 11.5. The van der Waals surface area contributed by atoms with Gasteiger partial charge in [-0.3, -0.25) is 9.59 Å². The number of carbonyl (C=O) groups is 2. The second kappa shape index (κ2) is 11.5. The van der Waals surface area contributed by atoms with E-state index in [0.29, 0.717) is 19.4 Å². The van der Waals surface area contributed by atoms with E-state index in [2.05, 4.69) is 19.2 Å². The molecule has 0 rings (SSSR count). The van der Waals surface area contributed by atoms with Crippen LogP contribution in [0.4, 0.5) is 0 Å². The number of hydrogen-bond acceptors (Lipinski definition) is 3. The van der Waals surface area contributed by atoms with Gasteiger partial charge in [-0.1, -0.05) is 40.0 Å². The lowest BCUT2D eigenvalue weighted by molar-refractivity contribution is -0.144. The predicted molar refractivity (Wildman–Crippen MR) is 84.9 cm³/mol. The van der Waals surface area contributed by atoms with Crippen LogP contribution in [0.5, 0.6) is 0 Å². The smallest absolute Gasteiger partial charge is 0.306 e. The fourth-order valence-corrected chi connectivity index (χ4v) is 2.80. The Balaban J connectivity index is 4.50. The fraction of sp³-hybridized carbons (Fsp3) is 0.875. The molecule has 4 N–H and O–H groups in total. The largest absolute Gasteiger partial charge is 0.481 e. The maximum atomic E-state index is 11.5. The highest BCUT2D eigenvalue weighted by atomic mass is 16.4. The molecule has 0 heterocycles. The van der Waals surface area contributed by atoms with Crippen LogP contribution >= 0.6 is 0 Å². The minimum absolute atomic E-state index is 0.225. The molecule has 0 saturated carbocycles. The van der Waals surface area contributed by atoms with Crippen LogP contribution in [-0.2, 0) is 9.59 Å². The molecule has 0 saturated heterocycles. The highest BCUT2D eigenvalue weighted by molar-refractivity contribution is 5.79. The summed E-state index contributed by atoms with van der Waals surface area (Å²) in [6.07, 6.45) is 6.25. The Hall–Kier alpha value is -1.10. The molecular formula is C16H32N2O3. The van der Waals surface area contributed by atoms with E-state index in [-0.39, 0.29) is 23.8 Å². The second-order valence-electron chi connectivity index (χ2n) is 5.74. The summed E-state index contributed by atoms with van der Waals surface area (Å²) < 4.78 is 0. The van der Waals surface area contributed by atoms with Crippen LogP contribution in [0.25, 0.3) is 0 Å². The number of carbonyl (C=O) groups excluding carboxylic acids is 1. The van der Waals surface area contributed by atoms with Crippen LogP contribution in [-0.4, -0.2) is 29.6 Å². The highest BCUT2D eigenvalue weighted by Gasteiger charge is 2.27. The number of amides is 1. The molecule has 3 atom stereocenters. The van der Waals surface area contributed by atoms with Gasteiger partial charge in [0.1, 0.15) is 0 Å². The van der Waals surface area contributed by atoms with Crippen molar-refractivity contribution in [2.45, 2.75) is 71.8 Å². The van der Waals surface area contributed by atoms with Crippen molar-refractivity contribution in [1.82, 2.24) is 5.32 Å². The number of carboxylic acids is 1. The number of unbranched alkanes of at least 4 members (excludes halogenated alkanes) is 1. The minimum atomic E-state index is -0.724. The summed E-state index contributed by atoms with van der Waals surface area (Å²) in [7, 11) is 0. The molecule has 0 aliphatic rings. The molecule has 0 aromatic heterocycles. The average Bonchev–Trinajstić information content (AvgIpc) is 2.43. The lowest BCUT2D eigenvalue weighted by Gasteiger charge is -2.24. The van der Waals surface area contributed by atoms with Crippen LogP contribution in [0.15, 0.2) is 0 Å². The summed E-state index contributed by atoms with van der Waals surface area (Å²) in [6.45, 7) is 6.62. The van der Waals surface area contributed by atoms with Crippen LogP contribution in [0.3, 0.4) is 0 Å². The first-order valence-corrected chi connectivity index (χ1v) is 8.23. The van der Waals surface area contributed by atoms with Gasteiger partial charge in [-0.05, 0) is 38.1 Å². The van der Waals surface area contributed by atoms with Gasteiger partial charge in [0.2, 0.25) is 5.91 Å². The molecule has 21 heavy (non-hydrogen) atoms. The first-order valence-electron chi connectivity index (χ1n) is 8.23. The van der Waals surface area contributed by atoms with Gasteiger partial charge in [0.25, 0.3) is 0 Å². The van der Waals surface area contributed by atoms with Gasteiger partial charge in [0, 0.05) is 0 Å². The number of aliphatic carboxylic acids is 1. The first-order chi connectivity index (χ1) is 9.97. The van der Waals surface area contributed by atoms with Crippen molar-refractivity contribution in [3.05, 3.63) is 0 Å². The molecule has 0 bridgehead atoms. The Bertz CT molecular complexity index is 308. The Kier molecular flexibility index (Phi) is 10.9. The lowest BCUT2D eigenvalue weighted by Crippen LogP contribution is -2.42. The zero-order chi connectivity index (χ0) is 16.3. The zero-order valence-corrected chi connectivity index (χ0v) is 13.7. The summed E-state index contributed by atoms with van der Waals surface area (Å²) in [6, 6.07) is -0.361. The fourth-order valence-electron chi connectivity index (χ4n) is 2.80. The number of rotatable bonds is 13. The lowest BCUT2D eigenvalue weighted by atomic mass is 9.82. The number of nitrogens with two attached hydrogens (primary N) is 1. The van der Waals surface area contributed by atoms with Gasteiger partial charge in [0.05, 0.1) is 12.0 Å². The number of primary amides is 1. The molecular weight excluding hydrogens is 268 g/mol. The second-order valence-corrected chi connectivity index (χ2v) is 5.74. The molecule has 0 fully saturated rings. The molecule has 124 valence electrons. The predicted octanol–water partition coefficient (Wildman–Crippen LogP) is 2.54. The van der Waals surface area contributed by atoms with E-state index in [1.807, 2.05) is 6.92 Å². The summed E-state index contributed by atoms with van der Waals surface area (Å²) in [5, 5.41) is 12.6. The molecule has 5 heteroatoms. The third kappa shape index (κ3) is 8.05. The van der Waals surface area contributed by atoms with Gasteiger partial charge in [-0.25, -0.2) is 0 Å². The maximum Gasteiger partial charge on any atom is 0.306 e. The third-order valence-electron chi connectivity index (χ3n) is 4.07. The molecule has 0 aromatic rings. The molecule has 0 spiro atoms. The van der Waals surface area contributed by atoms with Crippen LogP contribution < -0.4 is 11.1 Å². The van der Waals surface area contributed by atoms with E-state index in [1.165, 1.54) is 0 Å². The monoisotopic (exact) mass is 300 g/mol. The van der Waals surface area contributed by atoms with Crippen molar-refractivity contribution in [2.75, 3.05) is 6.54 Å². The topological polar surface area (TPSA) is 92.4 Å². The first kappa shape index (κ1) is 19.9. The van der Waals surface area contributed by atoms with Crippen molar-refractivity contribution >= 4 is 11.9 Å². The number of hydrogen-bond donors (Lipinski definition) is 3. The Morgan fingerprint density at radius 2 is 1.76 bits per heavy atom. The van der Waals surface area contributed by atoms with E-state index in [1.54, 1.807) is 0 Å². The number of carboxylic acid groups (broad SMARTS) is 1. The minimum Gasteiger partial charge on any atom is -0.481 e. The van der Waals surface area contributed by atoms with E-state index < -0.39 is 5.97 Å². The van der Waals surface area contributed by atoms with Crippen molar-refractivity contribution in [3.63, 3.8) is 0 Å². The van der Waals surface area contributed by atoms with E-state index in [4.69, 9.17) is 5.73 Å². The van der Waals surface area contributed by atoms with Crippen molar-refractivity contribution in [1.29, 1.82) is 0 Å². The summed E-state index contributed by atoms with van der Waals surface area (Å²) in [4.78, 5) is 22.7. The Morgan fingerprint density at radius 3 is 2.19 bits per heavy atom. The molecule has 5 nitrogen and oxygen atoms in total. The molecule has 1 amide bonds. The van der Waals surface area contributed by atoms with E-state index in [9.17, 15) is 14.7 Å². The Labute approximate surface area is 128 Å². The van der Waals surface area contributed by atoms with Gasteiger partial charge >= 0.3 is 5.97 Å². The number of nitrogens with one attached hydrogen (secondary N) is 1. The summed E-state index contributed by atoms with van der Waals surface area (Å²) >= 11 is 0.